The van der Waals surface area contributed by atoms with Gasteiger partial charge in [-0.15, -0.1) is 0 Å². The van der Waals surface area contributed by atoms with Gasteiger partial charge in [-0.2, -0.15) is 5.10 Å². The number of benzene rings is 2. The molecule has 0 unspecified atom stereocenters. The van der Waals surface area contributed by atoms with Gasteiger partial charge in [0.05, 0.1) is 24.6 Å². The number of carbonyl (C=O) groups is 1. The normalized spacial score (nSPS) is 18.1. The number of hydrogen-bond donors (Lipinski definition) is 0. The van der Waals surface area contributed by atoms with Crippen LogP contribution in [0.2, 0.25) is 0 Å². The van der Waals surface area contributed by atoms with Crippen molar-refractivity contribution in [2.24, 2.45) is 0 Å². The van der Waals surface area contributed by atoms with Gasteiger partial charge in [0.15, 0.2) is 5.79 Å². The van der Waals surface area contributed by atoms with E-state index in [-0.39, 0.29) is 5.91 Å². The SMILES string of the molecule is O=C(/C=C/c1cn(-c2ccccc2)nc1-c1ccccc1)N1CCC2(CC1)OCCO2. The van der Waals surface area contributed by atoms with Crippen molar-refractivity contribution in [3.63, 3.8) is 0 Å². The maximum absolute atomic E-state index is 12.8. The smallest absolute Gasteiger partial charge is 0.246 e. The highest BCUT2D eigenvalue weighted by atomic mass is 16.7. The maximum atomic E-state index is 12.8. The van der Waals surface area contributed by atoms with Crippen LogP contribution in [0.15, 0.2) is 72.9 Å². The van der Waals surface area contributed by atoms with Crippen LogP contribution in [-0.4, -0.2) is 52.7 Å². The van der Waals surface area contributed by atoms with E-state index in [1.165, 1.54) is 0 Å². The fraction of sp³-hybridized carbons (Fsp3) is 0.280. The third-order valence-corrected chi connectivity index (χ3v) is 5.87. The number of rotatable bonds is 4. The predicted octanol–water partition coefficient (Wildman–Crippen LogP) is 3.92. The summed E-state index contributed by atoms with van der Waals surface area (Å²) >= 11 is 0. The van der Waals surface area contributed by atoms with Crippen molar-refractivity contribution >= 4 is 12.0 Å². The number of para-hydroxylation sites is 1. The molecule has 2 aliphatic heterocycles. The Hall–Kier alpha value is -3.22. The highest BCUT2D eigenvalue weighted by Crippen LogP contribution is 2.31. The highest BCUT2D eigenvalue weighted by Gasteiger charge is 2.40. The first-order valence-corrected chi connectivity index (χ1v) is 10.7. The molecule has 0 radical (unpaired) electrons. The van der Waals surface area contributed by atoms with Crippen LogP contribution in [0.5, 0.6) is 0 Å². The Balaban J connectivity index is 1.37. The van der Waals surface area contributed by atoms with Crippen molar-refractivity contribution in [2.75, 3.05) is 26.3 Å². The zero-order valence-electron chi connectivity index (χ0n) is 17.3. The lowest BCUT2D eigenvalue weighted by molar-refractivity contribution is -0.186. The highest BCUT2D eigenvalue weighted by molar-refractivity contribution is 5.93. The van der Waals surface area contributed by atoms with E-state index in [4.69, 9.17) is 14.6 Å². The fourth-order valence-corrected chi connectivity index (χ4v) is 4.16. The molecule has 3 aromatic rings. The first kappa shape index (κ1) is 19.7. The molecule has 0 saturated carbocycles. The molecule has 5 rings (SSSR count). The van der Waals surface area contributed by atoms with E-state index in [1.54, 1.807) is 6.08 Å². The Labute approximate surface area is 181 Å². The molecule has 0 aliphatic carbocycles. The van der Waals surface area contributed by atoms with Crippen molar-refractivity contribution < 1.29 is 14.3 Å². The van der Waals surface area contributed by atoms with Gasteiger partial charge in [0, 0.05) is 49.3 Å². The monoisotopic (exact) mass is 415 g/mol. The number of likely N-dealkylation sites (tertiary alicyclic amines) is 1. The summed E-state index contributed by atoms with van der Waals surface area (Å²) in [6, 6.07) is 20.0. The quantitative estimate of drug-likeness (QED) is 0.606. The van der Waals surface area contributed by atoms with Crippen molar-refractivity contribution in [2.45, 2.75) is 18.6 Å². The number of amides is 1. The van der Waals surface area contributed by atoms with Crippen LogP contribution in [0.25, 0.3) is 23.0 Å². The molecule has 6 nitrogen and oxygen atoms in total. The first-order chi connectivity index (χ1) is 15.2. The standard InChI is InChI=1S/C25H25N3O3/c29-23(27-15-13-25(14-16-27)30-17-18-31-25)12-11-21-19-28(22-9-5-2-6-10-22)26-24(21)20-7-3-1-4-8-20/h1-12,19H,13-18H2/b12-11+. The minimum absolute atomic E-state index is 0.000630. The minimum atomic E-state index is -0.474. The van der Waals surface area contributed by atoms with Gasteiger partial charge in [-0.1, -0.05) is 48.5 Å². The third kappa shape index (κ3) is 4.17. The second kappa shape index (κ2) is 8.49. The molecule has 2 aromatic carbocycles. The molecule has 2 aliphatic rings. The van der Waals surface area contributed by atoms with Crippen LogP contribution in [0, 0.1) is 0 Å². The summed E-state index contributed by atoms with van der Waals surface area (Å²) in [4.78, 5) is 14.7. The van der Waals surface area contributed by atoms with Gasteiger partial charge in [0.2, 0.25) is 5.91 Å². The van der Waals surface area contributed by atoms with Crippen LogP contribution in [0.3, 0.4) is 0 Å². The minimum Gasteiger partial charge on any atom is -0.347 e. The van der Waals surface area contributed by atoms with Crippen LogP contribution < -0.4 is 0 Å². The summed E-state index contributed by atoms with van der Waals surface area (Å²) in [5, 5.41) is 4.80. The van der Waals surface area contributed by atoms with E-state index in [0.717, 1.165) is 22.5 Å². The van der Waals surface area contributed by atoms with Crippen molar-refractivity contribution in [3.8, 4) is 16.9 Å². The van der Waals surface area contributed by atoms with E-state index in [1.807, 2.05) is 82.5 Å². The summed E-state index contributed by atoms with van der Waals surface area (Å²) < 4.78 is 13.4. The molecule has 1 amide bonds. The summed E-state index contributed by atoms with van der Waals surface area (Å²) in [7, 11) is 0. The van der Waals surface area contributed by atoms with Crippen molar-refractivity contribution in [1.29, 1.82) is 0 Å². The van der Waals surface area contributed by atoms with Crippen molar-refractivity contribution in [1.82, 2.24) is 14.7 Å². The predicted molar refractivity (Wildman–Crippen MR) is 118 cm³/mol. The largest absolute Gasteiger partial charge is 0.347 e. The molecule has 31 heavy (non-hydrogen) atoms. The molecular formula is C25H25N3O3. The Morgan fingerprint density at radius 2 is 1.58 bits per heavy atom. The van der Waals surface area contributed by atoms with E-state index >= 15 is 0 Å². The second-order valence-electron chi connectivity index (χ2n) is 7.85. The summed E-state index contributed by atoms with van der Waals surface area (Å²) in [6.45, 7) is 2.55. The summed E-state index contributed by atoms with van der Waals surface area (Å²) in [5.74, 6) is -0.475. The molecule has 0 N–H and O–H groups in total. The number of carbonyl (C=O) groups excluding carboxylic acids is 1. The lowest BCUT2D eigenvalue weighted by Gasteiger charge is -2.37. The van der Waals surface area contributed by atoms with Gasteiger partial charge in [0.25, 0.3) is 0 Å². The Morgan fingerprint density at radius 1 is 0.935 bits per heavy atom. The molecule has 0 atom stereocenters. The number of hydrogen-bond acceptors (Lipinski definition) is 4. The zero-order valence-corrected chi connectivity index (χ0v) is 17.3. The Bertz CT molecular complexity index is 1060. The molecule has 158 valence electrons. The van der Waals surface area contributed by atoms with Gasteiger partial charge >= 0.3 is 0 Å². The Kier molecular flexibility index (Phi) is 5.40. The number of ether oxygens (including phenoxy) is 2. The van der Waals surface area contributed by atoms with Gasteiger partial charge < -0.3 is 14.4 Å². The van der Waals surface area contributed by atoms with E-state index in [9.17, 15) is 4.79 Å². The number of aromatic nitrogens is 2. The van der Waals surface area contributed by atoms with Crippen LogP contribution in [-0.2, 0) is 14.3 Å². The van der Waals surface area contributed by atoms with Gasteiger partial charge in [-0.25, -0.2) is 4.68 Å². The molecule has 3 heterocycles. The summed E-state index contributed by atoms with van der Waals surface area (Å²) in [5.41, 5.74) is 3.74. The molecule has 1 spiro atoms. The van der Waals surface area contributed by atoms with Crippen LogP contribution in [0.1, 0.15) is 18.4 Å². The lowest BCUT2D eigenvalue weighted by atomic mass is 10.0. The zero-order chi connectivity index (χ0) is 21.1. The van der Waals surface area contributed by atoms with Crippen molar-refractivity contribution in [3.05, 3.63) is 78.5 Å². The topological polar surface area (TPSA) is 56.6 Å². The molecular weight excluding hydrogens is 390 g/mol. The molecule has 6 heteroatoms. The second-order valence-corrected chi connectivity index (χ2v) is 7.85. The maximum Gasteiger partial charge on any atom is 0.246 e. The third-order valence-electron chi connectivity index (χ3n) is 5.87. The lowest BCUT2D eigenvalue weighted by Crippen LogP contribution is -2.46. The molecule has 2 saturated heterocycles. The molecule has 1 aromatic heterocycles. The summed E-state index contributed by atoms with van der Waals surface area (Å²) in [6.07, 6.45) is 6.91. The van der Waals surface area contributed by atoms with Gasteiger partial charge in [-0.3, -0.25) is 4.79 Å². The van der Waals surface area contributed by atoms with Crippen LogP contribution >= 0.6 is 0 Å². The average Bonchev–Trinajstić information content (AvgIpc) is 3.47. The molecule has 2 fully saturated rings. The van der Waals surface area contributed by atoms with Gasteiger partial charge in [-0.05, 0) is 18.2 Å². The first-order valence-electron chi connectivity index (χ1n) is 10.7. The van der Waals surface area contributed by atoms with E-state index < -0.39 is 5.79 Å². The Morgan fingerprint density at radius 3 is 2.26 bits per heavy atom. The van der Waals surface area contributed by atoms with E-state index in [0.29, 0.717) is 39.1 Å². The average molecular weight is 415 g/mol. The van der Waals surface area contributed by atoms with Crippen LogP contribution in [0.4, 0.5) is 0 Å². The number of piperidine rings is 1. The number of nitrogens with zero attached hydrogens (tertiary/aromatic N) is 3. The van der Waals surface area contributed by atoms with Gasteiger partial charge in [0.1, 0.15) is 0 Å². The molecule has 0 bridgehead atoms. The fourth-order valence-electron chi connectivity index (χ4n) is 4.16. The van der Waals surface area contributed by atoms with E-state index in [2.05, 4.69) is 0 Å².